The van der Waals surface area contributed by atoms with Crippen molar-refractivity contribution in [3.8, 4) is 5.95 Å². The Balaban J connectivity index is 2.64. The number of alkyl halides is 3. The number of aromatic carboxylic acids is 1. The average Bonchev–Trinajstić information content (AvgIpc) is 2.74. The predicted molar refractivity (Wildman–Crippen MR) is 51.1 cm³/mol. The molecule has 19 heavy (non-hydrogen) atoms. The summed E-state index contributed by atoms with van der Waals surface area (Å²) >= 11 is 0. The van der Waals surface area contributed by atoms with Gasteiger partial charge in [-0.1, -0.05) is 0 Å². The molecule has 0 unspecified atom stereocenters. The molecule has 0 atom stereocenters. The molecule has 1 N–H and O–H groups in total. The molecule has 10 heteroatoms. The van der Waals surface area contributed by atoms with Crippen molar-refractivity contribution in [2.24, 2.45) is 0 Å². The van der Waals surface area contributed by atoms with Crippen molar-refractivity contribution in [1.82, 2.24) is 19.7 Å². The summed E-state index contributed by atoms with van der Waals surface area (Å²) in [5, 5.41) is 12.0. The topological polar surface area (TPSA) is 80.9 Å². The Kier molecular flexibility index (Phi) is 2.92. The van der Waals surface area contributed by atoms with Crippen LogP contribution in [0.15, 0.2) is 18.6 Å². The number of carboxylic acid groups (broad SMARTS) is 1. The van der Waals surface area contributed by atoms with Crippen LogP contribution < -0.4 is 0 Å². The van der Waals surface area contributed by atoms with E-state index in [-0.39, 0.29) is 4.68 Å². The van der Waals surface area contributed by atoms with E-state index in [1.807, 2.05) is 0 Å². The van der Waals surface area contributed by atoms with Crippen molar-refractivity contribution in [3.63, 3.8) is 0 Å². The van der Waals surface area contributed by atoms with Gasteiger partial charge in [-0.3, -0.25) is 0 Å². The SMILES string of the molecule is O=C(O)c1cnn(-c2ncc(F)cn2)c1C(F)(F)F. The maximum atomic E-state index is 12.8. The lowest BCUT2D eigenvalue weighted by Crippen LogP contribution is -2.18. The Labute approximate surface area is 102 Å². The molecule has 0 saturated carbocycles. The van der Waals surface area contributed by atoms with Crippen molar-refractivity contribution in [2.45, 2.75) is 6.18 Å². The lowest BCUT2D eigenvalue weighted by molar-refractivity contribution is -0.143. The quantitative estimate of drug-likeness (QED) is 0.841. The second-order valence-electron chi connectivity index (χ2n) is 3.32. The van der Waals surface area contributed by atoms with Crippen molar-refractivity contribution in [2.75, 3.05) is 0 Å². The Bertz CT molecular complexity index is 620. The minimum atomic E-state index is -4.97. The summed E-state index contributed by atoms with van der Waals surface area (Å²) in [6.07, 6.45) is -3.16. The Hall–Kier alpha value is -2.52. The Morgan fingerprint density at radius 1 is 1.21 bits per heavy atom. The molecule has 0 bridgehead atoms. The smallest absolute Gasteiger partial charge is 0.434 e. The number of carbonyl (C=O) groups is 1. The fourth-order valence-corrected chi connectivity index (χ4v) is 1.34. The number of aromatic nitrogens is 4. The number of carboxylic acids is 1. The fourth-order valence-electron chi connectivity index (χ4n) is 1.34. The zero-order valence-corrected chi connectivity index (χ0v) is 8.89. The van der Waals surface area contributed by atoms with Gasteiger partial charge in [-0.25, -0.2) is 19.2 Å². The highest BCUT2D eigenvalue weighted by molar-refractivity contribution is 5.89. The standard InChI is InChI=1S/C9H4F4N4O2/c10-4-1-14-8(15-2-4)17-6(9(11,12)13)5(3-16-17)7(18)19/h1-3H,(H,18,19). The van der Waals surface area contributed by atoms with Crippen LogP contribution in [0.5, 0.6) is 0 Å². The van der Waals surface area contributed by atoms with Crippen molar-refractivity contribution in [3.05, 3.63) is 35.7 Å². The maximum Gasteiger partial charge on any atom is 0.434 e. The average molecular weight is 276 g/mol. The van der Waals surface area contributed by atoms with E-state index in [1.54, 1.807) is 0 Å². The summed E-state index contributed by atoms with van der Waals surface area (Å²) in [5.41, 5.74) is -2.58. The van der Waals surface area contributed by atoms with Gasteiger partial charge < -0.3 is 5.11 Å². The van der Waals surface area contributed by atoms with Gasteiger partial charge in [0.15, 0.2) is 11.5 Å². The molecule has 2 aromatic heterocycles. The van der Waals surface area contributed by atoms with E-state index >= 15 is 0 Å². The third-order valence-corrected chi connectivity index (χ3v) is 2.06. The highest BCUT2D eigenvalue weighted by atomic mass is 19.4. The Morgan fingerprint density at radius 2 is 1.79 bits per heavy atom. The highest BCUT2D eigenvalue weighted by Crippen LogP contribution is 2.32. The van der Waals surface area contributed by atoms with Gasteiger partial charge in [0.2, 0.25) is 0 Å². The van der Waals surface area contributed by atoms with Crippen LogP contribution in [0.3, 0.4) is 0 Å². The van der Waals surface area contributed by atoms with Gasteiger partial charge in [0.1, 0.15) is 5.56 Å². The van der Waals surface area contributed by atoms with E-state index in [4.69, 9.17) is 5.11 Å². The lowest BCUT2D eigenvalue weighted by atomic mass is 10.2. The summed E-state index contributed by atoms with van der Waals surface area (Å²) in [6, 6.07) is 0. The molecule has 0 radical (unpaired) electrons. The van der Waals surface area contributed by atoms with Gasteiger partial charge in [0, 0.05) is 0 Å². The molecule has 0 fully saturated rings. The van der Waals surface area contributed by atoms with Crippen LogP contribution in [-0.4, -0.2) is 30.8 Å². The zero-order chi connectivity index (χ0) is 14.2. The van der Waals surface area contributed by atoms with Crippen LogP contribution in [0.2, 0.25) is 0 Å². The van der Waals surface area contributed by atoms with Crippen molar-refractivity contribution in [1.29, 1.82) is 0 Å². The molecule has 2 aromatic rings. The summed E-state index contributed by atoms with van der Waals surface area (Å²) in [6.45, 7) is 0. The second kappa shape index (κ2) is 4.30. The fraction of sp³-hybridized carbons (Fsp3) is 0.111. The molecule has 0 spiro atoms. The molecular formula is C9H4F4N4O2. The normalized spacial score (nSPS) is 11.6. The van der Waals surface area contributed by atoms with E-state index in [0.717, 1.165) is 0 Å². The van der Waals surface area contributed by atoms with Gasteiger partial charge >= 0.3 is 12.1 Å². The molecule has 0 saturated heterocycles. The first-order valence-corrected chi connectivity index (χ1v) is 4.67. The molecule has 0 aliphatic rings. The molecule has 0 aliphatic heterocycles. The van der Waals surface area contributed by atoms with Crippen LogP contribution in [0.1, 0.15) is 16.1 Å². The van der Waals surface area contributed by atoms with Gasteiger partial charge in [-0.15, -0.1) is 0 Å². The van der Waals surface area contributed by atoms with E-state index in [2.05, 4.69) is 15.1 Å². The molecule has 0 amide bonds. The molecule has 2 rings (SSSR count). The van der Waals surface area contributed by atoms with Crippen LogP contribution in [0.25, 0.3) is 5.95 Å². The van der Waals surface area contributed by atoms with E-state index in [1.165, 1.54) is 0 Å². The molecule has 100 valence electrons. The Morgan fingerprint density at radius 3 is 2.26 bits per heavy atom. The summed E-state index contributed by atoms with van der Waals surface area (Å²) in [7, 11) is 0. The maximum absolute atomic E-state index is 12.8. The third-order valence-electron chi connectivity index (χ3n) is 2.06. The van der Waals surface area contributed by atoms with E-state index in [9.17, 15) is 22.4 Å². The number of rotatable bonds is 2. The predicted octanol–water partition coefficient (Wildman–Crippen LogP) is 1.52. The van der Waals surface area contributed by atoms with Crippen molar-refractivity contribution >= 4 is 5.97 Å². The van der Waals surface area contributed by atoms with E-state index < -0.39 is 35.2 Å². The van der Waals surface area contributed by atoms with E-state index in [0.29, 0.717) is 18.6 Å². The van der Waals surface area contributed by atoms with Crippen LogP contribution in [0, 0.1) is 5.82 Å². The first-order chi connectivity index (χ1) is 8.80. The van der Waals surface area contributed by atoms with Crippen LogP contribution in [0.4, 0.5) is 17.6 Å². The van der Waals surface area contributed by atoms with Gasteiger partial charge in [0.05, 0.1) is 18.6 Å². The summed E-state index contributed by atoms with van der Waals surface area (Å²) < 4.78 is 51.2. The third kappa shape index (κ3) is 2.37. The number of hydrogen-bond acceptors (Lipinski definition) is 4. The van der Waals surface area contributed by atoms with Crippen LogP contribution >= 0.6 is 0 Å². The van der Waals surface area contributed by atoms with Gasteiger partial charge in [-0.05, 0) is 0 Å². The van der Waals surface area contributed by atoms with Crippen molar-refractivity contribution < 1.29 is 27.5 Å². The van der Waals surface area contributed by atoms with Gasteiger partial charge in [0.25, 0.3) is 5.95 Å². The zero-order valence-electron chi connectivity index (χ0n) is 8.89. The molecule has 0 aromatic carbocycles. The minimum absolute atomic E-state index is 0.197. The number of nitrogens with zero attached hydrogens (tertiary/aromatic N) is 4. The summed E-state index contributed by atoms with van der Waals surface area (Å²) in [4.78, 5) is 17.3. The first-order valence-electron chi connectivity index (χ1n) is 4.67. The molecular weight excluding hydrogens is 272 g/mol. The molecule has 0 aliphatic carbocycles. The largest absolute Gasteiger partial charge is 0.478 e. The van der Waals surface area contributed by atoms with Gasteiger partial charge in [-0.2, -0.15) is 23.0 Å². The number of halogens is 4. The molecule has 6 nitrogen and oxygen atoms in total. The summed E-state index contributed by atoms with van der Waals surface area (Å²) in [5.74, 6) is -3.22. The lowest BCUT2D eigenvalue weighted by Gasteiger charge is -2.09. The molecule has 2 heterocycles. The first kappa shape index (κ1) is 12.9. The highest BCUT2D eigenvalue weighted by Gasteiger charge is 2.41. The number of hydrogen-bond donors (Lipinski definition) is 1. The van der Waals surface area contributed by atoms with Crippen LogP contribution in [-0.2, 0) is 6.18 Å². The minimum Gasteiger partial charge on any atom is -0.478 e. The monoisotopic (exact) mass is 276 g/mol. The second-order valence-corrected chi connectivity index (χ2v) is 3.32.